The average Bonchev–Trinajstić information content (AvgIpc) is 2.66. The predicted molar refractivity (Wildman–Crippen MR) is 118 cm³/mol. The highest BCUT2D eigenvalue weighted by Crippen LogP contribution is 2.45. The summed E-state index contributed by atoms with van der Waals surface area (Å²) in [7, 11) is 0. The van der Waals surface area contributed by atoms with Crippen molar-refractivity contribution >= 4 is 11.8 Å². The van der Waals surface area contributed by atoms with Crippen molar-refractivity contribution in [3.05, 3.63) is 59.0 Å². The van der Waals surface area contributed by atoms with Crippen molar-refractivity contribution in [2.75, 3.05) is 26.4 Å². The van der Waals surface area contributed by atoms with E-state index in [9.17, 15) is 9.59 Å². The second kappa shape index (κ2) is 10.5. The molecule has 0 saturated carbocycles. The Kier molecular flexibility index (Phi) is 8.38. The minimum Gasteiger partial charge on any atom is -0.463 e. The summed E-state index contributed by atoms with van der Waals surface area (Å²) in [5.41, 5.74) is 8.72. The van der Waals surface area contributed by atoms with Crippen LogP contribution in [0.1, 0.15) is 40.5 Å². The van der Waals surface area contributed by atoms with E-state index in [1.54, 1.807) is 13.0 Å². The molecule has 164 valence electrons. The molecule has 1 atom stereocenters. The van der Waals surface area contributed by atoms with Gasteiger partial charge in [-0.1, -0.05) is 44.7 Å². The van der Waals surface area contributed by atoms with Gasteiger partial charge in [-0.3, -0.25) is 4.79 Å². The molecular weight excluding hydrogens is 380 g/mol. The van der Waals surface area contributed by atoms with Gasteiger partial charge in [0, 0.05) is 30.2 Å². The molecule has 0 amide bonds. The number of ether oxygens (including phenoxy) is 2. The van der Waals surface area contributed by atoms with Gasteiger partial charge in [-0.25, -0.2) is 4.79 Å². The van der Waals surface area contributed by atoms with Gasteiger partial charge in [0.1, 0.15) is 0 Å². The van der Waals surface area contributed by atoms with Crippen LogP contribution in [0.5, 0.6) is 0 Å². The Morgan fingerprint density at radius 3 is 2.70 bits per heavy atom. The first-order valence-corrected chi connectivity index (χ1v) is 10.5. The van der Waals surface area contributed by atoms with E-state index in [1.807, 2.05) is 25.2 Å². The highest BCUT2D eigenvalue weighted by Gasteiger charge is 2.44. The number of allylic oxidation sites excluding steroid dienone is 7. The lowest BCUT2D eigenvalue weighted by atomic mass is 9.68. The van der Waals surface area contributed by atoms with E-state index in [-0.39, 0.29) is 24.4 Å². The van der Waals surface area contributed by atoms with Gasteiger partial charge in [0.05, 0.1) is 31.1 Å². The van der Waals surface area contributed by atoms with Gasteiger partial charge >= 0.3 is 5.97 Å². The molecule has 0 fully saturated rings. The van der Waals surface area contributed by atoms with Gasteiger partial charge in [-0.05, 0) is 31.3 Å². The first kappa shape index (κ1) is 23.8. The van der Waals surface area contributed by atoms with E-state index in [0.29, 0.717) is 42.8 Å². The summed E-state index contributed by atoms with van der Waals surface area (Å²) in [6, 6.07) is 0. The summed E-state index contributed by atoms with van der Waals surface area (Å²) in [6.45, 7) is 12.8. The molecule has 3 N–H and O–H groups in total. The maximum Gasteiger partial charge on any atom is 0.336 e. The number of esters is 1. The number of hydrogen-bond donors (Lipinski definition) is 2. The number of dihydropyridines is 1. The SMILES string of the molecule is C=C/C=C(\C=C/C)C1C2=C(CC(C)(C)CC2=O)NC(COCCN)=C1C(=O)OCC. The third-order valence-corrected chi connectivity index (χ3v) is 5.13. The Hall–Kier alpha value is -2.44. The molecular formula is C24H34N2O4. The van der Waals surface area contributed by atoms with Gasteiger partial charge in [-0.15, -0.1) is 0 Å². The van der Waals surface area contributed by atoms with Crippen LogP contribution in [0.25, 0.3) is 0 Å². The normalized spacial score (nSPS) is 21.6. The van der Waals surface area contributed by atoms with Gasteiger partial charge in [-0.2, -0.15) is 0 Å². The van der Waals surface area contributed by atoms with E-state index in [2.05, 4.69) is 25.7 Å². The molecule has 2 aliphatic rings. The quantitative estimate of drug-likeness (QED) is 0.342. The summed E-state index contributed by atoms with van der Waals surface area (Å²) >= 11 is 0. The van der Waals surface area contributed by atoms with Gasteiger partial charge < -0.3 is 20.5 Å². The summed E-state index contributed by atoms with van der Waals surface area (Å²) in [5, 5.41) is 3.35. The lowest BCUT2D eigenvalue weighted by molar-refractivity contribution is -0.139. The van der Waals surface area contributed by atoms with Gasteiger partial charge in [0.25, 0.3) is 0 Å². The number of nitrogens with one attached hydrogen (secondary N) is 1. The Balaban J connectivity index is 2.70. The predicted octanol–water partition coefficient (Wildman–Crippen LogP) is 3.33. The molecule has 1 heterocycles. The Bertz CT molecular complexity index is 815. The topological polar surface area (TPSA) is 90.6 Å². The fourth-order valence-electron chi connectivity index (χ4n) is 4.08. The van der Waals surface area contributed by atoms with Crippen molar-refractivity contribution in [3.63, 3.8) is 0 Å². The monoisotopic (exact) mass is 414 g/mol. The number of hydrogen-bond acceptors (Lipinski definition) is 6. The minimum atomic E-state index is -0.533. The van der Waals surface area contributed by atoms with Crippen LogP contribution >= 0.6 is 0 Å². The van der Waals surface area contributed by atoms with Gasteiger partial charge in [0.2, 0.25) is 0 Å². The van der Waals surface area contributed by atoms with Crippen molar-refractivity contribution in [2.45, 2.75) is 40.5 Å². The van der Waals surface area contributed by atoms with Crippen molar-refractivity contribution in [1.82, 2.24) is 5.32 Å². The van der Waals surface area contributed by atoms with Crippen LogP contribution in [0.15, 0.2) is 59.0 Å². The standard InChI is InChI=1S/C24H34N2O4/c1-6-9-16(10-7-2)20-21-17(13-24(4,5)14-19(21)27)26-18(15-29-12-11-25)22(20)23(28)30-8-3/h6-7,9-10,20,26H,1,8,11-15,25H2,2-5H3/b10-7-,16-9+. The molecule has 0 bridgehead atoms. The van der Waals surface area contributed by atoms with Crippen molar-refractivity contribution in [3.8, 4) is 0 Å². The van der Waals surface area contributed by atoms with Crippen LogP contribution in [0, 0.1) is 11.3 Å². The Labute approximate surface area is 179 Å². The average molecular weight is 415 g/mol. The minimum absolute atomic E-state index is 0.0435. The Morgan fingerprint density at radius 2 is 2.10 bits per heavy atom. The molecule has 1 aliphatic heterocycles. The fraction of sp³-hybridized carbons (Fsp3) is 0.500. The molecule has 0 aromatic heterocycles. The summed E-state index contributed by atoms with van der Waals surface area (Å²) in [6.07, 6.45) is 8.44. The van der Waals surface area contributed by atoms with Gasteiger partial charge in [0.15, 0.2) is 5.78 Å². The maximum atomic E-state index is 13.3. The van der Waals surface area contributed by atoms with Crippen molar-refractivity contribution in [2.24, 2.45) is 17.1 Å². The summed E-state index contributed by atoms with van der Waals surface area (Å²) < 4.78 is 11.1. The molecule has 2 rings (SSSR count). The fourth-order valence-corrected chi connectivity index (χ4v) is 4.08. The first-order valence-electron chi connectivity index (χ1n) is 10.5. The van der Waals surface area contributed by atoms with E-state index < -0.39 is 11.9 Å². The molecule has 0 spiro atoms. The highest BCUT2D eigenvalue weighted by molar-refractivity contribution is 6.03. The zero-order valence-corrected chi connectivity index (χ0v) is 18.5. The van der Waals surface area contributed by atoms with Crippen molar-refractivity contribution < 1.29 is 19.1 Å². The lowest BCUT2D eigenvalue weighted by Crippen LogP contribution is -2.41. The van der Waals surface area contributed by atoms with Crippen LogP contribution < -0.4 is 11.1 Å². The van der Waals surface area contributed by atoms with Crippen LogP contribution in [-0.2, 0) is 19.1 Å². The second-order valence-electron chi connectivity index (χ2n) is 8.25. The zero-order chi connectivity index (χ0) is 22.3. The molecule has 6 nitrogen and oxygen atoms in total. The van der Waals surface area contributed by atoms with E-state index >= 15 is 0 Å². The molecule has 0 aromatic rings. The third-order valence-electron chi connectivity index (χ3n) is 5.13. The molecule has 0 radical (unpaired) electrons. The number of rotatable bonds is 9. The van der Waals surface area contributed by atoms with Crippen LogP contribution in [0.2, 0.25) is 0 Å². The van der Waals surface area contributed by atoms with Crippen LogP contribution in [0.3, 0.4) is 0 Å². The largest absolute Gasteiger partial charge is 0.463 e. The highest BCUT2D eigenvalue weighted by atomic mass is 16.5. The molecule has 1 aliphatic carbocycles. The summed E-state index contributed by atoms with van der Waals surface area (Å²) in [4.78, 5) is 26.3. The molecule has 1 unspecified atom stereocenters. The van der Waals surface area contributed by atoms with Crippen LogP contribution in [-0.4, -0.2) is 38.1 Å². The lowest BCUT2D eigenvalue weighted by Gasteiger charge is -2.40. The Morgan fingerprint density at radius 1 is 1.37 bits per heavy atom. The van der Waals surface area contributed by atoms with E-state index in [4.69, 9.17) is 15.2 Å². The molecule has 0 saturated heterocycles. The maximum absolute atomic E-state index is 13.3. The molecule has 0 aromatic carbocycles. The number of nitrogens with two attached hydrogens (primary N) is 1. The van der Waals surface area contributed by atoms with Crippen LogP contribution in [0.4, 0.5) is 0 Å². The smallest absolute Gasteiger partial charge is 0.336 e. The zero-order valence-electron chi connectivity index (χ0n) is 18.5. The van der Waals surface area contributed by atoms with E-state index in [1.165, 1.54) is 0 Å². The molecule has 6 heteroatoms. The number of carbonyl (C=O) groups is 2. The first-order chi connectivity index (χ1) is 14.3. The number of Topliss-reactive ketones (excluding diaryl/α,β-unsaturated/α-hetero) is 1. The third kappa shape index (κ3) is 5.37. The number of carbonyl (C=O) groups excluding carboxylic acids is 2. The molecule has 30 heavy (non-hydrogen) atoms. The second-order valence-corrected chi connectivity index (χ2v) is 8.25. The summed E-state index contributed by atoms with van der Waals surface area (Å²) in [5.74, 6) is -0.943. The van der Waals surface area contributed by atoms with Crippen molar-refractivity contribution in [1.29, 1.82) is 0 Å². The number of ketones is 1. The van der Waals surface area contributed by atoms with E-state index in [0.717, 1.165) is 11.3 Å².